The van der Waals surface area contributed by atoms with Gasteiger partial charge in [-0.2, -0.15) is 11.8 Å². The first-order valence-corrected chi connectivity index (χ1v) is 21.0. The molecule has 4 rings (SSSR count). The number of thioether (sulfide) groups is 2. The molecule has 54 heavy (non-hydrogen) atoms. The van der Waals surface area contributed by atoms with Crippen LogP contribution >= 0.6 is 23.5 Å². The second-order valence-corrected chi connectivity index (χ2v) is 16.3. The number of sulfonamides is 1. The molecule has 0 saturated heterocycles. The Hall–Kier alpha value is -5.10. The summed E-state index contributed by atoms with van der Waals surface area (Å²) in [6, 6.07) is 27.4. The molecular weight excluding hydrogens is 743 g/mol. The number of rotatable bonds is 17. The average Bonchev–Trinajstić information content (AvgIpc) is 3.17. The molecule has 4 aromatic carbocycles. The summed E-state index contributed by atoms with van der Waals surface area (Å²) in [4.78, 5) is 54.4. The van der Waals surface area contributed by atoms with E-state index >= 15 is 0 Å². The highest BCUT2D eigenvalue weighted by molar-refractivity contribution is 7.99. The highest BCUT2D eigenvalue weighted by atomic mass is 32.2. The molecule has 1 atom stereocenters. The fraction of sp³-hybridized carbons (Fsp3) is 0.275. The van der Waals surface area contributed by atoms with Gasteiger partial charge in [-0.3, -0.25) is 14.5 Å². The lowest BCUT2D eigenvalue weighted by Crippen LogP contribution is -2.54. The number of nitrogens with zero attached hydrogens (tertiary/aromatic N) is 2. The van der Waals surface area contributed by atoms with Crippen molar-refractivity contribution in [1.82, 2.24) is 14.9 Å². The van der Waals surface area contributed by atoms with Crippen LogP contribution in [0.25, 0.3) is 0 Å². The largest absolute Gasteiger partial charge is 0.382 e. The third-order valence-corrected chi connectivity index (χ3v) is 11.4. The van der Waals surface area contributed by atoms with Crippen molar-refractivity contribution in [2.75, 3.05) is 35.7 Å². The second kappa shape index (κ2) is 21.0. The number of imide groups is 1. The van der Waals surface area contributed by atoms with Gasteiger partial charge < -0.3 is 10.6 Å². The molecular formula is C40H43N5O6S3. The molecule has 0 aliphatic carbocycles. The van der Waals surface area contributed by atoms with Gasteiger partial charge in [0.15, 0.2) is 0 Å². The summed E-state index contributed by atoms with van der Waals surface area (Å²) in [5.41, 5.74) is 1.81. The summed E-state index contributed by atoms with van der Waals surface area (Å²) in [6.45, 7) is 6.31. The van der Waals surface area contributed by atoms with Gasteiger partial charge in [0.05, 0.1) is 10.6 Å². The van der Waals surface area contributed by atoms with Gasteiger partial charge in [-0.15, -0.1) is 16.7 Å². The Morgan fingerprint density at radius 2 is 1.54 bits per heavy atom. The first-order valence-electron chi connectivity index (χ1n) is 17.3. The van der Waals surface area contributed by atoms with Gasteiger partial charge in [-0.1, -0.05) is 75.1 Å². The molecule has 11 nitrogen and oxygen atoms in total. The summed E-state index contributed by atoms with van der Waals surface area (Å²) in [6.07, 6.45) is 0.434. The van der Waals surface area contributed by atoms with E-state index in [0.717, 1.165) is 21.4 Å². The molecule has 14 heteroatoms. The number of nitrogens with one attached hydrogen (secondary N) is 3. The number of carbonyl (C=O) groups is 3. The van der Waals surface area contributed by atoms with Crippen LogP contribution < -0.4 is 15.4 Å². The predicted octanol–water partition coefficient (Wildman–Crippen LogP) is 7.51. The van der Waals surface area contributed by atoms with Gasteiger partial charge in [0.2, 0.25) is 0 Å². The van der Waals surface area contributed by atoms with Crippen molar-refractivity contribution in [3.8, 4) is 11.8 Å². The summed E-state index contributed by atoms with van der Waals surface area (Å²) in [7, 11) is -4.50. The number of urea groups is 1. The van der Waals surface area contributed by atoms with Gasteiger partial charge in [-0.25, -0.2) is 17.9 Å². The quantitative estimate of drug-likeness (QED) is 0.0427. The molecule has 0 saturated carbocycles. The topological polar surface area (TPSA) is 154 Å². The molecule has 0 radical (unpaired) electrons. The molecule has 0 aliphatic heterocycles. The van der Waals surface area contributed by atoms with Crippen molar-refractivity contribution >= 4 is 62.8 Å². The van der Waals surface area contributed by atoms with E-state index in [2.05, 4.69) is 27.7 Å². The minimum atomic E-state index is -4.50. The fourth-order valence-electron chi connectivity index (χ4n) is 4.94. The second-order valence-electron chi connectivity index (χ2n) is 12.4. The maximum absolute atomic E-state index is 13.7. The van der Waals surface area contributed by atoms with Crippen LogP contribution in [0, 0.1) is 22.7 Å². The van der Waals surface area contributed by atoms with Gasteiger partial charge in [0.25, 0.3) is 21.8 Å². The minimum absolute atomic E-state index is 0.0367. The number of hydrogen-bond donors (Lipinski definition) is 3. The molecule has 0 aliphatic rings. The van der Waals surface area contributed by atoms with E-state index in [1.807, 2.05) is 79.2 Å². The van der Waals surface area contributed by atoms with Crippen LogP contribution in [0.15, 0.2) is 118 Å². The molecule has 282 valence electrons. The average molecular weight is 786 g/mol. The third-order valence-electron chi connectivity index (χ3n) is 7.56. The lowest BCUT2D eigenvalue weighted by molar-refractivity contribution is -0.120. The number of amides is 4. The number of nitroso groups, excluding NO2 is 1. The SMILES string of the molecule is CCCN(C(=O)NC(CSCC(C)C)C(=O)NS(=O)(=O)c1ccc(NCCSc2ccccc2)c(N=O)c1)C(=O)c1cccc(C#Cc2ccccc2)c1. The molecule has 0 spiro atoms. The summed E-state index contributed by atoms with van der Waals surface area (Å²) < 4.78 is 28.9. The number of hydrogen-bond acceptors (Lipinski definition) is 10. The zero-order valence-corrected chi connectivity index (χ0v) is 32.7. The third kappa shape index (κ3) is 12.8. The number of carbonyl (C=O) groups excluding carboxylic acids is 3. The summed E-state index contributed by atoms with van der Waals surface area (Å²) in [5.74, 6) is 6.10. The predicted molar refractivity (Wildman–Crippen MR) is 218 cm³/mol. The van der Waals surface area contributed by atoms with Crippen molar-refractivity contribution in [3.05, 3.63) is 125 Å². The standard InChI is InChI=1S/C40H43N5O6S3/c1-4-23-45(39(47)32-15-11-14-31(25-32)19-18-30-12-7-5-8-13-30)40(48)42-37(28-52-27-29(2)3)38(46)44-54(50,51)34-20-21-35(36(26-34)43-49)41-22-24-53-33-16-9-6-10-17-33/h5-17,20-21,25-26,29,37,41H,4,22-24,27-28H2,1-3H3,(H,42,48)(H,44,46). The molecule has 0 bridgehead atoms. The monoisotopic (exact) mass is 785 g/mol. The highest BCUT2D eigenvalue weighted by Gasteiger charge is 2.30. The smallest absolute Gasteiger partial charge is 0.325 e. The molecule has 4 amide bonds. The Morgan fingerprint density at radius 1 is 0.852 bits per heavy atom. The zero-order chi connectivity index (χ0) is 38.9. The molecule has 3 N–H and O–H groups in total. The number of benzene rings is 4. The lowest BCUT2D eigenvalue weighted by Gasteiger charge is -2.25. The lowest BCUT2D eigenvalue weighted by atomic mass is 10.1. The highest BCUT2D eigenvalue weighted by Crippen LogP contribution is 2.28. The Balaban J connectivity index is 1.47. The number of anilines is 1. The zero-order valence-electron chi connectivity index (χ0n) is 30.3. The first-order chi connectivity index (χ1) is 26.0. The van der Waals surface area contributed by atoms with E-state index in [4.69, 9.17) is 0 Å². The minimum Gasteiger partial charge on any atom is -0.382 e. The van der Waals surface area contributed by atoms with Crippen molar-refractivity contribution in [1.29, 1.82) is 0 Å². The molecule has 4 aromatic rings. The van der Waals surface area contributed by atoms with Crippen LogP contribution in [-0.2, 0) is 14.8 Å². The van der Waals surface area contributed by atoms with E-state index in [-0.39, 0.29) is 34.4 Å². The molecule has 0 heterocycles. The van der Waals surface area contributed by atoms with E-state index in [1.54, 1.807) is 43.0 Å². The molecule has 1 unspecified atom stereocenters. The van der Waals surface area contributed by atoms with E-state index < -0.39 is 33.9 Å². The maximum atomic E-state index is 13.7. The van der Waals surface area contributed by atoms with Crippen LogP contribution in [0.3, 0.4) is 0 Å². The van der Waals surface area contributed by atoms with Gasteiger partial charge in [-0.05, 0) is 83.9 Å². The molecule has 0 aromatic heterocycles. The van der Waals surface area contributed by atoms with Crippen molar-refractivity contribution < 1.29 is 22.8 Å². The first kappa shape index (κ1) is 41.7. The van der Waals surface area contributed by atoms with Crippen LogP contribution in [0.1, 0.15) is 48.7 Å². The van der Waals surface area contributed by atoms with Gasteiger partial charge in [0, 0.05) is 46.2 Å². The van der Waals surface area contributed by atoms with Crippen LogP contribution in [-0.4, -0.2) is 67.6 Å². The van der Waals surface area contributed by atoms with Crippen molar-refractivity contribution in [3.63, 3.8) is 0 Å². The van der Waals surface area contributed by atoms with Crippen LogP contribution in [0.4, 0.5) is 16.2 Å². The van der Waals surface area contributed by atoms with Crippen LogP contribution in [0.2, 0.25) is 0 Å². The van der Waals surface area contributed by atoms with Crippen LogP contribution in [0.5, 0.6) is 0 Å². The Morgan fingerprint density at radius 3 is 2.22 bits per heavy atom. The van der Waals surface area contributed by atoms with Crippen molar-refractivity contribution in [2.24, 2.45) is 11.1 Å². The molecule has 0 fully saturated rings. The fourth-order valence-corrected chi connectivity index (χ4v) is 7.85. The normalized spacial score (nSPS) is 11.5. The van der Waals surface area contributed by atoms with Crippen molar-refractivity contribution in [2.45, 2.75) is 43.0 Å². The van der Waals surface area contributed by atoms with E-state index in [9.17, 15) is 27.7 Å². The summed E-state index contributed by atoms with van der Waals surface area (Å²) in [5, 5.41) is 8.69. The maximum Gasteiger partial charge on any atom is 0.325 e. The Kier molecular flexibility index (Phi) is 16.2. The van der Waals surface area contributed by atoms with E-state index in [0.29, 0.717) is 35.7 Å². The Bertz CT molecular complexity index is 2070. The summed E-state index contributed by atoms with van der Waals surface area (Å²) >= 11 is 2.97. The Labute approximate surface area is 325 Å². The van der Waals surface area contributed by atoms with Gasteiger partial charge in [0.1, 0.15) is 11.7 Å². The van der Waals surface area contributed by atoms with Gasteiger partial charge >= 0.3 is 6.03 Å². The van der Waals surface area contributed by atoms with E-state index in [1.165, 1.54) is 23.9 Å².